The van der Waals surface area contributed by atoms with Crippen LogP contribution in [0.4, 0.5) is 26.3 Å². The van der Waals surface area contributed by atoms with Gasteiger partial charge in [-0.15, -0.1) is 10.2 Å². The van der Waals surface area contributed by atoms with Gasteiger partial charge in [-0.2, -0.15) is 13.2 Å². The summed E-state index contributed by atoms with van der Waals surface area (Å²) in [4.78, 5) is 24.6. The van der Waals surface area contributed by atoms with Crippen molar-refractivity contribution in [2.24, 2.45) is 0 Å². The van der Waals surface area contributed by atoms with Crippen LogP contribution >= 0.6 is 0 Å². The summed E-state index contributed by atoms with van der Waals surface area (Å²) in [5, 5.41) is 8.90. The first-order valence-corrected chi connectivity index (χ1v) is 8.70. The predicted octanol–water partition coefficient (Wildman–Crippen LogP) is 1.80. The molecule has 7 nitrogen and oxygen atoms in total. The van der Waals surface area contributed by atoms with Crippen molar-refractivity contribution in [1.29, 1.82) is 0 Å². The van der Waals surface area contributed by atoms with E-state index < -0.39 is 41.4 Å². The molecule has 0 radical (unpaired) electrons. The quantitative estimate of drug-likeness (QED) is 0.427. The summed E-state index contributed by atoms with van der Waals surface area (Å²) >= 11 is 0. The fourth-order valence-corrected chi connectivity index (χ4v) is 3.19. The lowest BCUT2D eigenvalue weighted by molar-refractivity contribution is -0.148. The van der Waals surface area contributed by atoms with Crippen LogP contribution < -0.4 is 5.32 Å². The first kappa shape index (κ1) is 21.6. The Balaban J connectivity index is 1.69. The summed E-state index contributed by atoms with van der Waals surface area (Å²) < 4.78 is 79.8. The number of nitrogens with zero attached hydrogens (tertiary/aromatic N) is 4. The van der Waals surface area contributed by atoms with Gasteiger partial charge in [0.1, 0.15) is 5.82 Å². The number of halogens is 6. The lowest BCUT2D eigenvalue weighted by atomic mass is 10.0. The highest BCUT2D eigenvalue weighted by atomic mass is 19.4. The Bertz CT molecular complexity index is 961. The zero-order valence-electron chi connectivity index (χ0n) is 15.2. The molecule has 1 atom stereocenters. The number of aromatic nitrogens is 3. The highest BCUT2D eigenvalue weighted by Gasteiger charge is 2.40. The van der Waals surface area contributed by atoms with Crippen molar-refractivity contribution in [2.75, 3.05) is 6.54 Å². The third-order valence-corrected chi connectivity index (χ3v) is 4.64. The molecule has 0 aliphatic carbocycles. The normalized spacial score (nSPS) is 14.9. The monoisotopic (exact) mass is 435 g/mol. The van der Waals surface area contributed by atoms with Gasteiger partial charge in [-0.1, -0.05) is 0 Å². The summed E-state index contributed by atoms with van der Waals surface area (Å²) in [6.45, 7) is -0.456. The Labute approximate surface area is 165 Å². The molecule has 2 aromatic rings. The smallest absolute Gasteiger partial charge is 0.355 e. The van der Waals surface area contributed by atoms with Crippen molar-refractivity contribution in [2.45, 2.75) is 38.1 Å². The van der Waals surface area contributed by atoms with Crippen molar-refractivity contribution in [1.82, 2.24) is 25.0 Å². The van der Waals surface area contributed by atoms with E-state index in [1.807, 2.05) is 0 Å². The molecule has 1 aliphatic heterocycles. The van der Waals surface area contributed by atoms with E-state index in [9.17, 15) is 35.9 Å². The van der Waals surface area contributed by atoms with Crippen molar-refractivity contribution >= 4 is 12.3 Å². The zero-order valence-corrected chi connectivity index (χ0v) is 15.2. The molecule has 30 heavy (non-hydrogen) atoms. The van der Waals surface area contributed by atoms with Crippen LogP contribution in [0.15, 0.2) is 12.1 Å². The van der Waals surface area contributed by atoms with E-state index in [0.29, 0.717) is 12.1 Å². The summed E-state index contributed by atoms with van der Waals surface area (Å²) in [5.41, 5.74) is -0.241. The van der Waals surface area contributed by atoms with Gasteiger partial charge in [-0.05, 0) is 18.1 Å². The third kappa shape index (κ3) is 4.54. The highest BCUT2D eigenvalue weighted by molar-refractivity contribution is 5.77. The van der Waals surface area contributed by atoms with Crippen LogP contribution in [0.25, 0.3) is 0 Å². The number of alkyl halides is 3. The maximum Gasteiger partial charge on any atom is 0.451 e. The van der Waals surface area contributed by atoms with Gasteiger partial charge in [0.15, 0.2) is 17.5 Å². The molecule has 3 rings (SSSR count). The Morgan fingerprint density at radius 3 is 2.50 bits per heavy atom. The fraction of sp³-hybridized carbons (Fsp3) is 0.412. The summed E-state index contributed by atoms with van der Waals surface area (Å²) in [6.07, 6.45) is -5.03. The molecule has 0 fully saturated rings. The van der Waals surface area contributed by atoms with Crippen LogP contribution in [0, 0.1) is 17.5 Å². The second kappa shape index (κ2) is 8.32. The summed E-state index contributed by atoms with van der Waals surface area (Å²) in [6, 6.07) is 0.0523. The standard InChI is InChI=1S/C17H15F6N5O2/c18-11-6-13(20)12(19)4-9(11)3-10(24-8-29)5-15(30)27-1-2-28-14(7-27)25-26-16(28)17(21,22)23/h4,6,8,10H,1-3,5,7H2,(H,24,29). The van der Waals surface area contributed by atoms with E-state index in [-0.39, 0.29) is 50.3 Å². The molecule has 0 spiro atoms. The number of carbonyl (C=O) groups excluding carboxylic acids is 2. The summed E-state index contributed by atoms with van der Waals surface area (Å²) in [7, 11) is 0. The molecule has 1 N–H and O–H groups in total. The maximum absolute atomic E-state index is 13.9. The van der Waals surface area contributed by atoms with Crippen LogP contribution in [-0.2, 0) is 35.3 Å². The van der Waals surface area contributed by atoms with Gasteiger partial charge in [0.25, 0.3) is 0 Å². The van der Waals surface area contributed by atoms with E-state index in [2.05, 4.69) is 15.5 Å². The number of carbonyl (C=O) groups is 2. The van der Waals surface area contributed by atoms with Crippen molar-refractivity contribution < 1.29 is 35.9 Å². The molecule has 1 aromatic carbocycles. The minimum atomic E-state index is -4.68. The third-order valence-electron chi connectivity index (χ3n) is 4.64. The molecule has 2 heterocycles. The van der Waals surface area contributed by atoms with E-state index in [4.69, 9.17) is 0 Å². The second-order valence-electron chi connectivity index (χ2n) is 6.65. The molecule has 0 saturated heterocycles. The molecular formula is C17H15F6N5O2. The Kier molecular flexibility index (Phi) is 5.99. The Morgan fingerprint density at radius 1 is 1.13 bits per heavy atom. The zero-order chi connectivity index (χ0) is 22.1. The fourth-order valence-electron chi connectivity index (χ4n) is 3.19. The van der Waals surface area contributed by atoms with Crippen LogP contribution in [0.3, 0.4) is 0 Å². The molecule has 0 saturated carbocycles. The van der Waals surface area contributed by atoms with Crippen molar-refractivity contribution in [3.63, 3.8) is 0 Å². The topological polar surface area (TPSA) is 80.1 Å². The molecule has 162 valence electrons. The molecule has 0 bridgehead atoms. The SMILES string of the molecule is O=CNC(CC(=O)N1CCn2c(nnc2C(F)(F)F)C1)Cc1cc(F)c(F)cc1F. The van der Waals surface area contributed by atoms with Gasteiger partial charge in [0.2, 0.25) is 18.1 Å². The number of benzene rings is 1. The van der Waals surface area contributed by atoms with Gasteiger partial charge in [-0.3, -0.25) is 9.59 Å². The highest BCUT2D eigenvalue weighted by Crippen LogP contribution is 2.29. The number of hydrogen-bond acceptors (Lipinski definition) is 4. The lowest BCUT2D eigenvalue weighted by Crippen LogP contribution is -2.43. The lowest BCUT2D eigenvalue weighted by Gasteiger charge is -2.29. The molecule has 1 unspecified atom stereocenters. The van der Waals surface area contributed by atoms with Gasteiger partial charge < -0.3 is 14.8 Å². The van der Waals surface area contributed by atoms with Crippen LogP contribution in [0.5, 0.6) is 0 Å². The van der Waals surface area contributed by atoms with Crippen LogP contribution in [0.2, 0.25) is 0 Å². The van der Waals surface area contributed by atoms with E-state index >= 15 is 0 Å². The second-order valence-corrected chi connectivity index (χ2v) is 6.65. The van der Waals surface area contributed by atoms with Gasteiger partial charge in [0.05, 0.1) is 6.54 Å². The van der Waals surface area contributed by atoms with Crippen LogP contribution in [0.1, 0.15) is 23.6 Å². The first-order chi connectivity index (χ1) is 14.1. The molecule has 13 heteroatoms. The molecular weight excluding hydrogens is 420 g/mol. The largest absolute Gasteiger partial charge is 0.451 e. The number of rotatable bonds is 6. The molecule has 1 aromatic heterocycles. The average molecular weight is 435 g/mol. The van der Waals surface area contributed by atoms with Crippen LogP contribution in [-0.4, -0.2) is 44.6 Å². The molecule has 2 amide bonds. The first-order valence-electron chi connectivity index (χ1n) is 8.70. The average Bonchev–Trinajstić information content (AvgIpc) is 3.09. The molecule has 1 aliphatic rings. The van der Waals surface area contributed by atoms with E-state index in [1.54, 1.807) is 0 Å². The minimum Gasteiger partial charge on any atom is -0.355 e. The number of hydrogen-bond donors (Lipinski definition) is 1. The Hall–Kier alpha value is -3.12. The van der Waals surface area contributed by atoms with E-state index in [1.165, 1.54) is 4.90 Å². The van der Waals surface area contributed by atoms with E-state index in [0.717, 1.165) is 4.57 Å². The number of amides is 2. The Morgan fingerprint density at radius 2 is 1.83 bits per heavy atom. The van der Waals surface area contributed by atoms with Gasteiger partial charge in [0, 0.05) is 31.6 Å². The number of fused-ring (bicyclic) bond motifs is 1. The number of nitrogens with one attached hydrogen (secondary N) is 1. The summed E-state index contributed by atoms with van der Waals surface area (Å²) in [5.74, 6) is -5.43. The van der Waals surface area contributed by atoms with Crippen molar-refractivity contribution in [3.05, 3.63) is 46.8 Å². The van der Waals surface area contributed by atoms with Gasteiger partial charge in [-0.25, -0.2) is 13.2 Å². The van der Waals surface area contributed by atoms with Crippen molar-refractivity contribution in [3.8, 4) is 0 Å². The maximum atomic E-state index is 13.9. The minimum absolute atomic E-state index is 0.0477. The van der Waals surface area contributed by atoms with Gasteiger partial charge >= 0.3 is 6.18 Å². The predicted molar refractivity (Wildman–Crippen MR) is 88.1 cm³/mol.